The molecule has 0 saturated carbocycles. The van der Waals surface area contributed by atoms with Gasteiger partial charge in [-0.3, -0.25) is 4.79 Å². The van der Waals surface area contributed by atoms with Crippen molar-refractivity contribution < 1.29 is 9.90 Å². The fourth-order valence-electron chi connectivity index (χ4n) is 0.559. The Morgan fingerprint density at radius 2 is 2.27 bits per heavy atom. The first-order valence-electron chi connectivity index (χ1n) is 3.35. The Balaban J connectivity index is 3.91. The topological polar surface area (TPSA) is 40.5 Å². The smallest absolute Gasteiger partial charge is 0.181 e. The van der Waals surface area contributed by atoms with E-state index in [4.69, 9.17) is 6.42 Å². The Kier molecular flexibility index (Phi) is 3.80. The van der Waals surface area contributed by atoms with Crippen LogP contribution in [0, 0.1) is 12.3 Å². The summed E-state index contributed by atoms with van der Waals surface area (Å²) in [5.41, 5.74) is -1.58. The van der Waals surface area contributed by atoms with Gasteiger partial charge in [0, 0.05) is 13.0 Å². The quantitative estimate of drug-likeness (QED) is 0.439. The van der Waals surface area contributed by atoms with Gasteiger partial charge in [0.15, 0.2) is 11.9 Å². The number of terminal acetylenes is 1. The number of nitrogens with zero attached hydrogens (tertiary/aromatic N) is 1. The van der Waals surface area contributed by atoms with E-state index in [1.165, 1.54) is 0 Å². The molecule has 1 N–H and O–H groups in total. The lowest BCUT2D eigenvalue weighted by Gasteiger charge is -2.17. The molecule has 11 heavy (non-hydrogen) atoms. The lowest BCUT2D eigenvalue weighted by molar-refractivity contribution is -0.119. The Morgan fingerprint density at radius 1 is 1.73 bits per heavy atom. The van der Waals surface area contributed by atoms with Gasteiger partial charge in [0.25, 0.3) is 0 Å². The molecule has 0 aliphatic heterocycles. The minimum absolute atomic E-state index is 0.278. The van der Waals surface area contributed by atoms with Crippen LogP contribution >= 0.6 is 0 Å². The molecule has 0 aliphatic carbocycles. The molecule has 0 aromatic carbocycles. The Bertz CT molecular complexity index is 171. The molecule has 0 fully saturated rings. The summed E-state index contributed by atoms with van der Waals surface area (Å²) in [7, 11) is 3.70. The zero-order valence-electron chi connectivity index (χ0n) is 6.87. The van der Waals surface area contributed by atoms with Crippen molar-refractivity contribution in [1.29, 1.82) is 0 Å². The molecule has 0 rings (SSSR count). The van der Waals surface area contributed by atoms with Crippen LogP contribution in [0.15, 0.2) is 0 Å². The van der Waals surface area contributed by atoms with Crippen LogP contribution < -0.4 is 0 Å². The molecule has 3 nitrogen and oxygen atoms in total. The van der Waals surface area contributed by atoms with E-state index in [1.54, 1.807) is 0 Å². The monoisotopic (exact) mass is 155 g/mol. The average Bonchev–Trinajstić information content (AvgIpc) is 2.00. The van der Waals surface area contributed by atoms with Crippen molar-refractivity contribution in [3.63, 3.8) is 0 Å². The van der Waals surface area contributed by atoms with E-state index in [-0.39, 0.29) is 6.42 Å². The van der Waals surface area contributed by atoms with Crippen LogP contribution in [0.5, 0.6) is 0 Å². The molecule has 0 amide bonds. The highest BCUT2D eigenvalue weighted by Crippen LogP contribution is 2.04. The predicted octanol–water partition coefficient (Wildman–Crippen LogP) is -0.499. The Labute approximate surface area is 67.0 Å². The zero-order chi connectivity index (χ0) is 8.91. The Morgan fingerprint density at radius 3 is 2.55 bits per heavy atom. The van der Waals surface area contributed by atoms with Crippen molar-refractivity contribution in [2.45, 2.75) is 12.0 Å². The van der Waals surface area contributed by atoms with E-state index in [1.807, 2.05) is 24.9 Å². The molecular weight excluding hydrogens is 142 g/mol. The van der Waals surface area contributed by atoms with Crippen molar-refractivity contribution in [3.8, 4) is 12.3 Å². The van der Waals surface area contributed by atoms with Crippen molar-refractivity contribution >= 4 is 6.29 Å². The summed E-state index contributed by atoms with van der Waals surface area (Å²) >= 11 is 0. The van der Waals surface area contributed by atoms with Crippen LogP contribution in [0.3, 0.4) is 0 Å². The van der Waals surface area contributed by atoms with Crippen molar-refractivity contribution in [2.24, 2.45) is 0 Å². The number of aldehydes is 1. The van der Waals surface area contributed by atoms with E-state index < -0.39 is 5.60 Å². The van der Waals surface area contributed by atoms with E-state index in [9.17, 15) is 9.90 Å². The van der Waals surface area contributed by atoms with Crippen LogP contribution in [-0.4, -0.2) is 42.5 Å². The number of rotatable bonds is 4. The molecule has 0 aliphatic rings. The third-order valence-electron chi connectivity index (χ3n) is 1.39. The van der Waals surface area contributed by atoms with Gasteiger partial charge in [-0.1, -0.05) is 5.92 Å². The largest absolute Gasteiger partial charge is 0.371 e. The number of carbonyl (C=O) groups is 1. The molecule has 0 saturated heterocycles. The maximum atomic E-state index is 10.3. The van der Waals surface area contributed by atoms with Crippen molar-refractivity contribution in [1.82, 2.24) is 4.90 Å². The molecule has 0 spiro atoms. The fraction of sp³-hybridized carbons (Fsp3) is 0.625. The lowest BCUT2D eigenvalue weighted by Crippen LogP contribution is -2.32. The van der Waals surface area contributed by atoms with E-state index in [2.05, 4.69) is 0 Å². The maximum absolute atomic E-state index is 10.3. The first-order chi connectivity index (χ1) is 5.04. The molecule has 62 valence electrons. The van der Waals surface area contributed by atoms with Crippen LogP contribution in [0.2, 0.25) is 0 Å². The number of aliphatic hydroxyl groups is 1. The van der Waals surface area contributed by atoms with Crippen LogP contribution in [0.1, 0.15) is 6.42 Å². The maximum Gasteiger partial charge on any atom is 0.181 e. The first-order valence-corrected chi connectivity index (χ1v) is 3.35. The van der Waals surface area contributed by atoms with Gasteiger partial charge in [-0.05, 0) is 14.1 Å². The summed E-state index contributed by atoms with van der Waals surface area (Å²) in [5, 5.41) is 9.25. The third-order valence-corrected chi connectivity index (χ3v) is 1.39. The molecule has 0 aromatic rings. The fourth-order valence-corrected chi connectivity index (χ4v) is 0.559. The zero-order valence-corrected chi connectivity index (χ0v) is 6.87. The SMILES string of the molecule is C#C[C@@](O)(C=O)CCN(C)C. The highest BCUT2D eigenvalue weighted by Gasteiger charge is 2.22. The van der Waals surface area contributed by atoms with E-state index >= 15 is 0 Å². The molecule has 0 heterocycles. The summed E-state index contributed by atoms with van der Waals surface area (Å²) in [6, 6.07) is 0. The normalized spacial score (nSPS) is 15.5. The Hall–Kier alpha value is -0.850. The lowest BCUT2D eigenvalue weighted by atomic mass is 10.0. The second kappa shape index (κ2) is 4.12. The number of hydrogen-bond donors (Lipinski definition) is 1. The third kappa shape index (κ3) is 3.76. The second-order valence-corrected chi connectivity index (χ2v) is 2.74. The summed E-state index contributed by atoms with van der Waals surface area (Å²) in [5.74, 6) is 2.04. The van der Waals surface area contributed by atoms with Crippen LogP contribution in [0.25, 0.3) is 0 Å². The molecule has 0 aromatic heterocycles. The summed E-state index contributed by atoms with van der Waals surface area (Å²) < 4.78 is 0. The molecule has 3 heteroatoms. The molecular formula is C8H13NO2. The highest BCUT2D eigenvalue weighted by atomic mass is 16.3. The standard InChI is InChI=1S/C8H13NO2/c1-4-8(11,7-10)5-6-9(2)3/h1,7,11H,5-6H2,2-3H3/t8-/m0/s1. The second-order valence-electron chi connectivity index (χ2n) is 2.74. The molecule has 0 unspecified atom stereocenters. The van der Waals surface area contributed by atoms with Gasteiger partial charge in [0.2, 0.25) is 0 Å². The van der Waals surface area contributed by atoms with Gasteiger partial charge in [-0.25, -0.2) is 0 Å². The highest BCUT2D eigenvalue weighted by molar-refractivity contribution is 5.67. The van der Waals surface area contributed by atoms with Crippen molar-refractivity contribution in [3.05, 3.63) is 0 Å². The van der Waals surface area contributed by atoms with Crippen molar-refractivity contribution in [2.75, 3.05) is 20.6 Å². The summed E-state index contributed by atoms with van der Waals surface area (Å²) in [6.07, 6.45) is 5.63. The summed E-state index contributed by atoms with van der Waals surface area (Å²) in [4.78, 5) is 12.1. The van der Waals surface area contributed by atoms with E-state index in [0.717, 1.165) is 0 Å². The van der Waals surface area contributed by atoms with Gasteiger partial charge < -0.3 is 10.0 Å². The van der Waals surface area contributed by atoms with Crippen LogP contribution in [-0.2, 0) is 4.79 Å². The minimum atomic E-state index is -1.58. The molecule has 0 radical (unpaired) electrons. The van der Waals surface area contributed by atoms with E-state index in [0.29, 0.717) is 12.8 Å². The number of carbonyl (C=O) groups excluding carboxylic acids is 1. The van der Waals surface area contributed by atoms with Gasteiger partial charge in [0.05, 0.1) is 0 Å². The molecule has 1 atom stereocenters. The molecule has 0 bridgehead atoms. The van der Waals surface area contributed by atoms with Gasteiger partial charge in [0.1, 0.15) is 0 Å². The average molecular weight is 155 g/mol. The summed E-state index contributed by atoms with van der Waals surface area (Å²) in [6.45, 7) is 0.597. The first kappa shape index (κ1) is 10.2. The van der Waals surface area contributed by atoms with Gasteiger partial charge in [-0.2, -0.15) is 0 Å². The van der Waals surface area contributed by atoms with Gasteiger partial charge in [-0.15, -0.1) is 6.42 Å². The number of hydrogen-bond acceptors (Lipinski definition) is 3. The minimum Gasteiger partial charge on any atom is -0.371 e. The van der Waals surface area contributed by atoms with Crippen LogP contribution in [0.4, 0.5) is 0 Å². The van der Waals surface area contributed by atoms with Gasteiger partial charge >= 0.3 is 0 Å². The predicted molar refractivity (Wildman–Crippen MR) is 43.0 cm³/mol.